The summed E-state index contributed by atoms with van der Waals surface area (Å²) in [6.07, 6.45) is 3.11. The lowest BCUT2D eigenvalue weighted by Crippen LogP contribution is -2.41. The van der Waals surface area contributed by atoms with Crippen LogP contribution in [0.4, 0.5) is 0 Å². The summed E-state index contributed by atoms with van der Waals surface area (Å²) in [5.41, 5.74) is -0.189. The maximum atomic E-state index is 12.1. The molecule has 0 aromatic heterocycles. The SMILES string of the molecule is CCC1(C(C)C)C(=O)NC2OCCCC21. The van der Waals surface area contributed by atoms with E-state index in [0.717, 1.165) is 25.9 Å². The molecular weight excluding hydrogens is 190 g/mol. The van der Waals surface area contributed by atoms with E-state index in [1.165, 1.54) is 0 Å². The number of fused-ring (bicyclic) bond motifs is 1. The van der Waals surface area contributed by atoms with Gasteiger partial charge in [0.05, 0.1) is 5.41 Å². The first-order valence-electron chi connectivity index (χ1n) is 6.05. The lowest BCUT2D eigenvalue weighted by molar-refractivity contribution is -0.132. The van der Waals surface area contributed by atoms with Crippen molar-refractivity contribution >= 4 is 5.91 Å². The largest absolute Gasteiger partial charge is 0.358 e. The summed E-state index contributed by atoms with van der Waals surface area (Å²) in [5.74, 6) is 0.972. The lowest BCUT2D eigenvalue weighted by atomic mass is 9.65. The van der Waals surface area contributed by atoms with E-state index in [4.69, 9.17) is 4.74 Å². The number of rotatable bonds is 2. The van der Waals surface area contributed by atoms with E-state index in [1.54, 1.807) is 0 Å². The molecule has 2 saturated heterocycles. The summed E-state index contributed by atoms with van der Waals surface area (Å²) in [4.78, 5) is 12.1. The van der Waals surface area contributed by atoms with Crippen LogP contribution in [0.5, 0.6) is 0 Å². The molecule has 0 spiro atoms. The molecule has 2 rings (SSSR count). The van der Waals surface area contributed by atoms with Gasteiger partial charge in [0.2, 0.25) is 5.91 Å². The highest BCUT2D eigenvalue weighted by molar-refractivity contribution is 5.86. The van der Waals surface area contributed by atoms with Crippen LogP contribution in [0.15, 0.2) is 0 Å². The molecule has 0 aromatic carbocycles. The van der Waals surface area contributed by atoms with Crippen LogP contribution < -0.4 is 5.32 Å². The molecule has 2 aliphatic rings. The van der Waals surface area contributed by atoms with Gasteiger partial charge >= 0.3 is 0 Å². The van der Waals surface area contributed by atoms with Crippen molar-refractivity contribution in [3.63, 3.8) is 0 Å². The highest BCUT2D eigenvalue weighted by atomic mass is 16.5. The number of hydrogen-bond donors (Lipinski definition) is 1. The first kappa shape index (κ1) is 10.9. The van der Waals surface area contributed by atoms with Crippen LogP contribution in [0.3, 0.4) is 0 Å². The van der Waals surface area contributed by atoms with Gasteiger partial charge in [0.15, 0.2) is 0 Å². The second-order valence-electron chi connectivity index (χ2n) is 5.06. The average Bonchev–Trinajstić information content (AvgIpc) is 2.50. The van der Waals surface area contributed by atoms with E-state index in [0.29, 0.717) is 11.8 Å². The van der Waals surface area contributed by atoms with Crippen LogP contribution in [0.1, 0.15) is 40.0 Å². The van der Waals surface area contributed by atoms with Gasteiger partial charge in [0.1, 0.15) is 6.23 Å². The normalized spacial score (nSPS) is 40.4. The van der Waals surface area contributed by atoms with Gasteiger partial charge in [0, 0.05) is 12.5 Å². The third-order valence-corrected chi connectivity index (χ3v) is 4.30. The Balaban J connectivity index is 2.32. The molecule has 2 heterocycles. The quantitative estimate of drug-likeness (QED) is 0.758. The van der Waals surface area contributed by atoms with E-state index in [9.17, 15) is 4.79 Å². The van der Waals surface area contributed by atoms with Gasteiger partial charge in [-0.25, -0.2) is 0 Å². The van der Waals surface area contributed by atoms with Crippen molar-refractivity contribution in [1.82, 2.24) is 5.32 Å². The van der Waals surface area contributed by atoms with Crippen LogP contribution in [0.25, 0.3) is 0 Å². The molecule has 2 fully saturated rings. The zero-order chi connectivity index (χ0) is 11.1. The summed E-state index contributed by atoms with van der Waals surface area (Å²) >= 11 is 0. The molecule has 0 aliphatic carbocycles. The Hall–Kier alpha value is -0.570. The fraction of sp³-hybridized carbons (Fsp3) is 0.917. The van der Waals surface area contributed by atoms with Gasteiger partial charge < -0.3 is 10.1 Å². The molecule has 2 aliphatic heterocycles. The van der Waals surface area contributed by atoms with Gasteiger partial charge in [-0.1, -0.05) is 20.8 Å². The predicted molar refractivity (Wildman–Crippen MR) is 58.2 cm³/mol. The number of amides is 1. The van der Waals surface area contributed by atoms with E-state index < -0.39 is 0 Å². The summed E-state index contributed by atoms with van der Waals surface area (Å²) in [7, 11) is 0. The van der Waals surface area contributed by atoms with Crippen LogP contribution in [0, 0.1) is 17.3 Å². The lowest BCUT2D eigenvalue weighted by Gasteiger charge is -2.38. The van der Waals surface area contributed by atoms with Crippen molar-refractivity contribution in [1.29, 1.82) is 0 Å². The second kappa shape index (κ2) is 3.78. The van der Waals surface area contributed by atoms with E-state index >= 15 is 0 Å². The molecule has 86 valence electrons. The molecule has 3 nitrogen and oxygen atoms in total. The maximum absolute atomic E-state index is 12.1. The number of ether oxygens (including phenoxy) is 1. The number of nitrogens with one attached hydrogen (secondary N) is 1. The minimum absolute atomic E-state index is 0.0198. The predicted octanol–water partition coefficient (Wildman–Crippen LogP) is 1.92. The zero-order valence-electron chi connectivity index (χ0n) is 9.88. The molecule has 0 bridgehead atoms. The minimum Gasteiger partial charge on any atom is -0.358 e. The van der Waals surface area contributed by atoms with Gasteiger partial charge in [-0.15, -0.1) is 0 Å². The summed E-state index contributed by atoms with van der Waals surface area (Å²) in [6.45, 7) is 7.22. The Morgan fingerprint density at radius 3 is 2.93 bits per heavy atom. The first-order valence-corrected chi connectivity index (χ1v) is 6.05. The van der Waals surface area contributed by atoms with Gasteiger partial charge in [-0.05, 0) is 25.2 Å². The summed E-state index contributed by atoms with van der Waals surface area (Å²) < 4.78 is 5.65. The van der Waals surface area contributed by atoms with Crippen molar-refractivity contribution in [2.24, 2.45) is 17.3 Å². The molecule has 0 aromatic rings. The van der Waals surface area contributed by atoms with Crippen molar-refractivity contribution in [3.8, 4) is 0 Å². The molecule has 3 unspecified atom stereocenters. The van der Waals surface area contributed by atoms with Crippen molar-refractivity contribution < 1.29 is 9.53 Å². The van der Waals surface area contributed by atoms with E-state index in [2.05, 4.69) is 26.1 Å². The van der Waals surface area contributed by atoms with Crippen molar-refractivity contribution in [3.05, 3.63) is 0 Å². The Kier molecular flexibility index (Phi) is 2.75. The smallest absolute Gasteiger partial charge is 0.228 e. The summed E-state index contributed by atoms with van der Waals surface area (Å²) in [5, 5.41) is 3.02. The highest BCUT2D eigenvalue weighted by Gasteiger charge is 2.56. The Bertz CT molecular complexity index is 264. The molecule has 3 heteroatoms. The van der Waals surface area contributed by atoms with E-state index in [-0.39, 0.29) is 17.6 Å². The molecule has 15 heavy (non-hydrogen) atoms. The van der Waals surface area contributed by atoms with Crippen molar-refractivity contribution in [2.45, 2.75) is 46.3 Å². The molecule has 1 N–H and O–H groups in total. The third-order valence-electron chi connectivity index (χ3n) is 4.30. The maximum Gasteiger partial charge on any atom is 0.228 e. The Morgan fingerprint density at radius 2 is 2.33 bits per heavy atom. The fourth-order valence-corrected chi connectivity index (χ4v) is 3.40. The standard InChI is InChI=1S/C12H21NO2/c1-4-12(8(2)3)9-6-5-7-15-10(9)13-11(12)14/h8-10H,4-7H2,1-3H3,(H,13,14). The number of hydrogen-bond acceptors (Lipinski definition) is 2. The van der Waals surface area contributed by atoms with Crippen LogP contribution >= 0.6 is 0 Å². The highest BCUT2D eigenvalue weighted by Crippen LogP contribution is 2.49. The molecule has 3 atom stereocenters. The molecular formula is C12H21NO2. The van der Waals surface area contributed by atoms with Crippen LogP contribution in [0.2, 0.25) is 0 Å². The first-order chi connectivity index (χ1) is 7.13. The number of carbonyl (C=O) groups is 1. The Labute approximate surface area is 91.6 Å². The average molecular weight is 211 g/mol. The Morgan fingerprint density at radius 1 is 1.60 bits per heavy atom. The second-order valence-corrected chi connectivity index (χ2v) is 5.06. The molecule has 0 saturated carbocycles. The number of carbonyl (C=O) groups excluding carboxylic acids is 1. The molecule has 0 radical (unpaired) electrons. The summed E-state index contributed by atoms with van der Waals surface area (Å²) in [6, 6.07) is 0. The zero-order valence-corrected chi connectivity index (χ0v) is 9.88. The fourth-order valence-electron chi connectivity index (χ4n) is 3.40. The minimum atomic E-state index is -0.189. The van der Waals surface area contributed by atoms with Crippen LogP contribution in [-0.4, -0.2) is 18.7 Å². The van der Waals surface area contributed by atoms with Gasteiger partial charge in [-0.3, -0.25) is 4.79 Å². The van der Waals surface area contributed by atoms with E-state index in [1.807, 2.05) is 0 Å². The van der Waals surface area contributed by atoms with Gasteiger partial charge in [0.25, 0.3) is 0 Å². The monoisotopic (exact) mass is 211 g/mol. The van der Waals surface area contributed by atoms with Gasteiger partial charge in [-0.2, -0.15) is 0 Å². The third kappa shape index (κ3) is 1.40. The van der Waals surface area contributed by atoms with Crippen LogP contribution in [-0.2, 0) is 9.53 Å². The molecule has 1 amide bonds. The topological polar surface area (TPSA) is 38.3 Å². The van der Waals surface area contributed by atoms with Crippen molar-refractivity contribution in [2.75, 3.05) is 6.61 Å².